The van der Waals surface area contributed by atoms with Crippen LogP contribution >= 0.6 is 0 Å². The minimum atomic E-state index is 0.545. The molecule has 0 fully saturated rings. The number of nitrogens with zero attached hydrogens (tertiary/aromatic N) is 3. The average molecular weight is 238 g/mol. The molecule has 0 spiro atoms. The van der Waals surface area contributed by atoms with Crippen molar-refractivity contribution < 1.29 is 4.42 Å². The normalized spacial score (nSPS) is 10.7. The zero-order valence-corrected chi connectivity index (χ0v) is 9.98. The van der Waals surface area contributed by atoms with E-state index in [0.717, 1.165) is 11.2 Å². The van der Waals surface area contributed by atoms with Crippen molar-refractivity contribution in [2.45, 2.75) is 13.8 Å². The van der Waals surface area contributed by atoms with Crippen LogP contribution in [0.2, 0.25) is 0 Å². The summed E-state index contributed by atoms with van der Waals surface area (Å²) in [6.45, 7) is 3.66. The second-order valence-corrected chi connectivity index (χ2v) is 4.05. The number of aryl methyl sites for hydroxylation is 2. The van der Waals surface area contributed by atoms with Crippen molar-refractivity contribution in [3.8, 4) is 17.7 Å². The van der Waals surface area contributed by atoms with Crippen molar-refractivity contribution in [3.05, 3.63) is 35.3 Å². The molecule has 0 aliphatic rings. The lowest BCUT2D eigenvalue weighted by Crippen LogP contribution is -1.81. The van der Waals surface area contributed by atoms with Crippen molar-refractivity contribution >= 4 is 11.0 Å². The lowest BCUT2D eigenvalue weighted by Gasteiger charge is -1.89. The largest absolute Gasteiger partial charge is 0.437 e. The maximum atomic E-state index is 9.03. The van der Waals surface area contributed by atoms with Gasteiger partial charge in [-0.15, -0.1) is 0 Å². The highest BCUT2D eigenvalue weighted by Gasteiger charge is 2.15. The van der Waals surface area contributed by atoms with Crippen LogP contribution in [-0.4, -0.2) is 15.0 Å². The molecule has 0 aliphatic heterocycles. The molecule has 5 nitrogen and oxygen atoms in total. The molecule has 2 aromatic heterocycles. The van der Waals surface area contributed by atoms with Crippen molar-refractivity contribution in [3.63, 3.8) is 0 Å². The van der Waals surface area contributed by atoms with Crippen LogP contribution in [0.25, 0.3) is 22.6 Å². The van der Waals surface area contributed by atoms with Gasteiger partial charge in [-0.2, -0.15) is 5.26 Å². The fourth-order valence-electron chi connectivity index (χ4n) is 1.98. The minimum absolute atomic E-state index is 0.545. The number of nitriles is 1. The first-order valence-electron chi connectivity index (χ1n) is 5.52. The van der Waals surface area contributed by atoms with Crippen LogP contribution in [0.5, 0.6) is 0 Å². The number of H-pyrrole nitrogens is 1. The number of nitrogens with one attached hydrogen (secondary N) is 1. The first-order chi connectivity index (χ1) is 8.69. The number of fused-ring (bicyclic) bond motifs is 1. The lowest BCUT2D eigenvalue weighted by molar-refractivity contribution is 0.531. The number of hydrogen-bond donors (Lipinski definition) is 1. The summed E-state index contributed by atoms with van der Waals surface area (Å²) in [7, 11) is 0. The molecule has 0 amide bonds. The van der Waals surface area contributed by atoms with E-state index >= 15 is 0 Å². The SMILES string of the molecule is Cc1nc(C)c(-c2nc3c(C#N)cccc3[nH]2)o1. The summed E-state index contributed by atoms with van der Waals surface area (Å²) in [5.74, 6) is 1.82. The third-order valence-electron chi connectivity index (χ3n) is 2.75. The van der Waals surface area contributed by atoms with E-state index in [4.69, 9.17) is 9.68 Å². The van der Waals surface area contributed by atoms with Gasteiger partial charge in [-0.1, -0.05) is 6.07 Å². The van der Waals surface area contributed by atoms with Crippen LogP contribution in [0.1, 0.15) is 17.1 Å². The lowest BCUT2D eigenvalue weighted by atomic mass is 10.2. The second kappa shape index (κ2) is 3.70. The van der Waals surface area contributed by atoms with Gasteiger partial charge in [0.1, 0.15) is 11.6 Å². The predicted molar refractivity (Wildman–Crippen MR) is 65.8 cm³/mol. The van der Waals surface area contributed by atoms with Gasteiger partial charge in [-0.3, -0.25) is 0 Å². The number of benzene rings is 1. The van der Waals surface area contributed by atoms with Gasteiger partial charge < -0.3 is 9.40 Å². The van der Waals surface area contributed by atoms with E-state index in [2.05, 4.69) is 21.0 Å². The Kier molecular flexibility index (Phi) is 2.17. The number of para-hydroxylation sites is 1. The topological polar surface area (TPSA) is 78.5 Å². The van der Waals surface area contributed by atoms with Crippen molar-refractivity contribution in [1.82, 2.24) is 15.0 Å². The summed E-state index contributed by atoms with van der Waals surface area (Å²) in [6.07, 6.45) is 0. The molecule has 18 heavy (non-hydrogen) atoms. The Balaban J connectivity index is 2.26. The average Bonchev–Trinajstić information content (AvgIpc) is 2.91. The summed E-state index contributed by atoms with van der Waals surface area (Å²) in [6, 6.07) is 7.57. The third kappa shape index (κ3) is 1.47. The zero-order valence-electron chi connectivity index (χ0n) is 9.98. The number of rotatable bonds is 1. The Bertz CT molecular complexity index is 776. The molecule has 3 aromatic rings. The number of aromatic amines is 1. The summed E-state index contributed by atoms with van der Waals surface area (Å²) < 4.78 is 5.52. The number of hydrogen-bond acceptors (Lipinski definition) is 4. The fraction of sp³-hybridized carbons (Fsp3) is 0.154. The molecule has 2 heterocycles. The number of imidazole rings is 1. The van der Waals surface area contributed by atoms with Crippen LogP contribution in [0.3, 0.4) is 0 Å². The summed E-state index contributed by atoms with van der Waals surface area (Å²) in [5, 5.41) is 9.03. The summed E-state index contributed by atoms with van der Waals surface area (Å²) in [4.78, 5) is 11.8. The van der Waals surface area contributed by atoms with Crippen LogP contribution < -0.4 is 0 Å². The molecular weight excluding hydrogens is 228 g/mol. The first kappa shape index (κ1) is 10.5. The summed E-state index contributed by atoms with van der Waals surface area (Å²) in [5.41, 5.74) is 2.80. The minimum Gasteiger partial charge on any atom is -0.437 e. The fourth-order valence-corrected chi connectivity index (χ4v) is 1.98. The van der Waals surface area contributed by atoms with E-state index in [0.29, 0.717) is 28.6 Å². The Morgan fingerprint density at radius 3 is 2.78 bits per heavy atom. The van der Waals surface area contributed by atoms with Crippen LogP contribution in [-0.2, 0) is 0 Å². The van der Waals surface area contributed by atoms with Gasteiger partial charge >= 0.3 is 0 Å². The van der Waals surface area contributed by atoms with E-state index in [1.54, 1.807) is 13.0 Å². The van der Waals surface area contributed by atoms with E-state index in [1.165, 1.54) is 0 Å². The molecule has 0 unspecified atom stereocenters. The highest BCUT2D eigenvalue weighted by atomic mass is 16.4. The monoisotopic (exact) mass is 238 g/mol. The Morgan fingerprint density at radius 1 is 1.28 bits per heavy atom. The molecule has 0 radical (unpaired) electrons. The van der Waals surface area contributed by atoms with Crippen molar-refractivity contribution in [2.24, 2.45) is 0 Å². The van der Waals surface area contributed by atoms with E-state index in [1.807, 2.05) is 19.1 Å². The molecule has 0 saturated heterocycles. The van der Waals surface area contributed by atoms with Crippen LogP contribution in [0.15, 0.2) is 22.6 Å². The van der Waals surface area contributed by atoms with Crippen molar-refractivity contribution in [2.75, 3.05) is 0 Å². The quantitative estimate of drug-likeness (QED) is 0.706. The predicted octanol–water partition coefficient (Wildman–Crippen LogP) is 2.71. The van der Waals surface area contributed by atoms with Crippen LogP contribution in [0, 0.1) is 25.2 Å². The van der Waals surface area contributed by atoms with Gasteiger partial charge in [0.25, 0.3) is 0 Å². The number of oxazole rings is 1. The molecule has 0 saturated carbocycles. The van der Waals surface area contributed by atoms with Gasteiger partial charge in [0.2, 0.25) is 0 Å². The molecular formula is C13H10N4O. The standard InChI is InChI=1S/C13H10N4O/c1-7-12(18-8(2)15-7)13-16-10-5-3-4-9(6-14)11(10)17-13/h3-5H,1-2H3,(H,16,17). The van der Waals surface area contributed by atoms with Gasteiger partial charge in [-0.05, 0) is 19.1 Å². The van der Waals surface area contributed by atoms with E-state index in [-0.39, 0.29) is 0 Å². The molecule has 0 bridgehead atoms. The maximum absolute atomic E-state index is 9.03. The molecule has 88 valence electrons. The molecule has 0 atom stereocenters. The van der Waals surface area contributed by atoms with E-state index in [9.17, 15) is 0 Å². The molecule has 3 rings (SSSR count). The van der Waals surface area contributed by atoms with E-state index < -0.39 is 0 Å². The molecule has 1 N–H and O–H groups in total. The third-order valence-corrected chi connectivity index (χ3v) is 2.75. The molecule has 0 aliphatic carbocycles. The van der Waals surface area contributed by atoms with Gasteiger partial charge in [0.15, 0.2) is 17.5 Å². The Labute approximate surface area is 103 Å². The summed E-state index contributed by atoms with van der Waals surface area (Å²) >= 11 is 0. The van der Waals surface area contributed by atoms with Crippen molar-refractivity contribution in [1.29, 1.82) is 5.26 Å². The Morgan fingerprint density at radius 2 is 2.11 bits per heavy atom. The highest BCUT2D eigenvalue weighted by Crippen LogP contribution is 2.25. The Hall–Kier alpha value is -2.61. The first-order valence-corrected chi connectivity index (χ1v) is 5.52. The highest BCUT2D eigenvalue weighted by molar-refractivity contribution is 5.84. The zero-order chi connectivity index (χ0) is 12.7. The number of aromatic nitrogens is 3. The van der Waals surface area contributed by atoms with Gasteiger partial charge in [0, 0.05) is 6.92 Å². The van der Waals surface area contributed by atoms with Gasteiger partial charge in [-0.25, -0.2) is 9.97 Å². The van der Waals surface area contributed by atoms with Gasteiger partial charge in [0.05, 0.1) is 16.8 Å². The van der Waals surface area contributed by atoms with Crippen LogP contribution in [0.4, 0.5) is 0 Å². The molecule has 1 aromatic carbocycles. The molecule has 5 heteroatoms. The smallest absolute Gasteiger partial charge is 0.192 e. The second-order valence-electron chi connectivity index (χ2n) is 4.05. The maximum Gasteiger partial charge on any atom is 0.192 e.